The molecule has 190 valence electrons. The van der Waals surface area contributed by atoms with E-state index in [0.29, 0.717) is 24.1 Å². The minimum Gasteiger partial charge on any atom is -0.478 e. The summed E-state index contributed by atoms with van der Waals surface area (Å²) in [5, 5.41) is 19.5. The zero-order chi connectivity index (χ0) is 26.4. The largest absolute Gasteiger partial charge is 0.478 e. The summed E-state index contributed by atoms with van der Waals surface area (Å²) in [6.07, 6.45) is 2.82. The molecule has 2 aromatic carbocycles. The zero-order valence-corrected chi connectivity index (χ0v) is 21.0. The lowest BCUT2D eigenvalue weighted by atomic mass is 9.98. The lowest BCUT2D eigenvalue weighted by Crippen LogP contribution is -2.30. The molecule has 6 rings (SSSR count). The van der Waals surface area contributed by atoms with Gasteiger partial charge in [-0.2, -0.15) is 13.8 Å². The van der Waals surface area contributed by atoms with Crippen molar-refractivity contribution in [3.8, 4) is 0 Å². The number of nitrogens with zero attached hydrogens (tertiary/aromatic N) is 5. The quantitative estimate of drug-likeness (QED) is 0.305. The van der Waals surface area contributed by atoms with Crippen LogP contribution in [-0.2, 0) is 13.0 Å². The maximum atomic E-state index is 13.4. The smallest absolute Gasteiger partial charge is 0.335 e. The Balaban J connectivity index is 1.23. The second-order valence-electron chi connectivity index (χ2n) is 9.07. The highest BCUT2D eigenvalue weighted by atomic mass is 32.1. The number of hydrogen-bond donors (Lipinski definition) is 3. The number of carboxylic acid groups (broad SMARTS) is 1. The summed E-state index contributed by atoms with van der Waals surface area (Å²) < 4.78 is 9.80. The zero-order valence-electron chi connectivity index (χ0n) is 20.1. The van der Waals surface area contributed by atoms with Crippen molar-refractivity contribution < 1.29 is 19.5 Å². The van der Waals surface area contributed by atoms with Crippen LogP contribution in [0.4, 0.5) is 0 Å². The van der Waals surface area contributed by atoms with Crippen LogP contribution >= 0.6 is 11.7 Å². The molecule has 0 saturated heterocycles. The predicted molar refractivity (Wildman–Crippen MR) is 138 cm³/mol. The summed E-state index contributed by atoms with van der Waals surface area (Å²) in [7, 11) is 0. The van der Waals surface area contributed by atoms with Crippen molar-refractivity contribution in [2.45, 2.75) is 32.4 Å². The Kier molecular flexibility index (Phi) is 5.80. The summed E-state index contributed by atoms with van der Waals surface area (Å²) in [4.78, 5) is 42.3. The second-order valence-corrected chi connectivity index (χ2v) is 9.60. The number of carboxylic acids is 1. The number of fused-ring (bicyclic) bond motifs is 3. The molecule has 3 heterocycles. The number of nitrogens with one attached hydrogen (secondary N) is 2. The van der Waals surface area contributed by atoms with Gasteiger partial charge in [0.1, 0.15) is 22.4 Å². The maximum absolute atomic E-state index is 13.4. The van der Waals surface area contributed by atoms with E-state index in [0.717, 1.165) is 39.5 Å². The number of carbonyl (C=O) groups excluding carboxylic acids is 2. The molecule has 11 nitrogen and oxygen atoms in total. The monoisotopic (exact) mass is 527 g/mol. The van der Waals surface area contributed by atoms with Gasteiger partial charge in [0.2, 0.25) is 0 Å². The lowest BCUT2D eigenvalue weighted by Gasteiger charge is -2.16. The van der Waals surface area contributed by atoms with Crippen LogP contribution < -0.4 is 10.6 Å². The normalized spacial score (nSPS) is 14.5. The fraction of sp³-hybridized carbons (Fsp3) is 0.192. The Bertz CT molecular complexity index is 1760. The minimum absolute atomic E-state index is 0.0910. The van der Waals surface area contributed by atoms with E-state index in [1.165, 1.54) is 16.8 Å². The Morgan fingerprint density at radius 1 is 1.08 bits per heavy atom. The second kappa shape index (κ2) is 9.30. The molecule has 0 fully saturated rings. The van der Waals surface area contributed by atoms with Gasteiger partial charge in [-0.3, -0.25) is 9.59 Å². The third kappa shape index (κ3) is 4.14. The predicted octanol–water partition coefficient (Wildman–Crippen LogP) is 3.09. The van der Waals surface area contributed by atoms with E-state index in [1.54, 1.807) is 25.1 Å². The Morgan fingerprint density at radius 2 is 1.92 bits per heavy atom. The molecule has 1 atom stereocenters. The van der Waals surface area contributed by atoms with Gasteiger partial charge in [-0.15, -0.1) is 0 Å². The van der Waals surface area contributed by atoms with E-state index >= 15 is 0 Å². The molecule has 0 unspecified atom stereocenters. The molecule has 1 aliphatic rings. The van der Waals surface area contributed by atoms with Gasteiger partial charge in [-0.1, -0.05) is 12.1 Å². The number of aromatic carboxylic acids is 1. The number of carbonyl (C=O) groups is 3. The highest BCUT2D eigenvalue weighted by Crippen LogP contribution is 2.35. The van der Waals surface area contributed by atoms with E-state index in [1.807, 2.05) is 18.2 Å². The highest BCUT2D eigenvalue weighted by Gasteiger charge is 2.28. The summed E-state index contributed by atoms with van der Waals surface area (Å²) >= 11 is 1.13. The van der Waals surface area contributed by atoms with Gasteiger partial charge in [0.25, 0.3) is 11.8 Å². The number of rotatable bonds is 6. The number of amides is 2. The maximum Gasteiger partial charge on any atom is 0.335 e. The third-order valence-electron chi connectivity index (χ3n) is 6.82. The molecule has 38 heavy (non-hydrogen) atoms. The summed E-state index contributed by atoms with van der Waals surface area (Å²) in [6.45, 7) is 2.05. The van der Waals surface area contributed by atoms with Gasteiger partial charge in [-0.05, 0) is 60.2 Å². The molecule has 12 heteroatoms. The van der Waals surface area contributed by atoms with Crippen molar-refractivity contribution in [1.82, 2.24) is 34.0 Å². The van der Waals surface area contributed by atoms with Gasteiger partial charge in [0, 0.05) is 18.7 Å². The average Bonchev–Trinajstić information content (AvgIpc) is 3.66. The lowest BCUT2D eigenvalue weighted by molar-refractivity contribution is 0.0695. The van der Waals surface area contributed by atoms with E-state index in [9.17, 15) is 19.5 Å². The summed E-state index contributed by atoms with van der Waals surface area (Å²) in [5.74, 6) is -1.81. The van der Waals surface area contributed by atoms with Crippen molar-refractivity contribution >= 4 is 46.2 Å². The van der Waals surface area contributed by atoms with E-state index in [-0.39, 0.29) is 29.5 Å². The molecular formula is C26H21N7O4S. The summed E-state index contributed by atoms with van der Waals surface area (Å²) in [6, 6.07) is 11.7. The molecule has 5 aromatic rings. The van der Waals surface area contributed by atoms with Gasteiger partial charge in [0.05, 0.1) is 29.5 Å². The number of hydrogen-bond acceptors (Lipinski definition) is 8. The molecule has 0 spiro atoms. The van der Waals surface area contributed by atoms with Crippen molar-refractivity contribution in [1.29, 1.82) is 0 Å². The standard InChI is InChI=1S/C26H21N7O4S/c1-13-15-5-7-18(17(15)4-3-16(13)26(36)37)30-25(35)22-11-21(29-23-8-9-28-33(22)23)24(34)27-12-14-2-6-19-20(10-14)32-38-31-19/h2-4,6,8-11,18H,5,7,12H2,1H3,(H,27,34)(H,30,35)(H,36,37)/t18-/m0/s1. The summed E-state index contributed by atoms with van der Waals surface area (Å²) in [5.41, 5.74) is 5.89. The molecule has 0 saturated carbocycles. The van der Waals surface area contributed by atoms with Crippen LogP contribution in [0, 0.1) is 6.92 Å². The Hall–Kier alpha value is -4.71. The van der Waals surface area contributed by atoms with Crippen LogP contribution in [0.25, 0.3) is 16.7 Å². The van der Waals surface area contributed by atoms with Gasteiger partial charge < -0.3 is 15.7 Å². The first kappa shape index (κ1) is 23.7. The molecule has 2 amide bonds. The minimum atomic E-state index is -0.970. The first-order chi connectivity index (χ1) is 18.4. The fourth-order valence-corrected chi connectivity index (χ4v) is 5.41. The number of aromatic nitrogens is 5. The molecule has 0 aliphatic heterocycles. The van der Waals surface area contributed by atoms with Gasteiger partial charge in [-0.25, -0.2) is 14.3 Å². The van der Waals surface area contributed by atoms with Gasteiger partial charge in [0.15, 0.2) is 5.65 Å². The van der Waals surface area contributed by atoms with Crippen LogP contribution in [0.2, 0.25) is 0 Å². The number of benzene rings is 2. The van der Waals surface area contributed by atoms with E-state index < -0.39 is 17.8 Å². The van der Waals surface area contributed by atoms with Crippen molar-refractivity contribution in [2.24, 2.45) is 0 Å². The first-order valence-electron chi connectivity index (χ1n) is 11.9. The molecule has 0 radical (unpaired) electrons. The Morgan fingerprint density at radius 3 is 2.76 bits per heavy atom. The van der Waals surface area contributed by atoms with E-state index in [4.69, 9.17) is 0 Å². The molecular weight excluding hydrogens is 506 g/mol. The van der Waals surface area contributed by atoms with Crippen LogP contribution in [0.15, 0.2) is 48.7 Å². The van der Waals surface area contributed by atoms with Crippen molar-refractivity contribution in [3.63, 3.8) is 0 Å². The SMILES string of the molecule is Cc1c(C(=O)O)ccc2c1CC[C@@H]2NC(=O)c1cc(C(=O)NCc2ccc3nsnc3c2)nc2ccnn12. The average molecular weight is 528 g/mol. The van der Waals surface area contributed by atoms with Crippen molar-refractivity contribution in [2.75, 3.05) is 0 Å². The first-order valence-corrected chi connectivity index (χ1v) is 12.6. The molecule has 3 N–H and O–H groups in total. The molecule has 0 bridgehead atoms. The Labute approximate surface area is 219 Å². The van der Waals surface area contributed by atoms with Crippen LogP contribution in [-0.4, -0.2) is 46.2 Å². The third-order valence-corrected chi connectivity index (χ3v) is 7.38. The fourth-order valence-electron chi connectivity index (χ4n) is 4.90. The van der Waals surface area contributed by atoms with Gasteiger partial charge >= 0.3 is 5.97 Å². The molecule has 1 aliphatic carbocycles. The van der Waals surface area contributed by atoms with Crippen LogP contribution in [0.5, 0.6) is 0 Å². The van der Waals surface area contributed by atoms with Crippen LogP contribution in [0.3, 0.4) is 0 Å². The van der Waals surface area contributed by atoms with Crippen molar-refractivity contribution in [3.05, 3.63) is 87.9 Å². The van der Waals surface area contributed by atoms with E-state index in [2.05, 4.69) is 29.5 Å². The van der Waals surface area contributed by atoms with Crippen LogP contribution in [0.1, 0.15) is 66.1 Å². The topological polar surface area (TPSA) is 151 Å². The molecule has 3 aromatic heterocycles. The highest BCUT2D eigenvalue weighted by molar-refractivity contribution is 7.00.